The van der Waals surface area contributed by atoms with Gasteiger partial charge in [0.1, 0.15) is 5.75 Å². The van der Waals surface area contributed by atoms with Gasteiger partial charge in [-0.15, -0.1) is 0 Å². The van der Waals surface area contributed by atoms with Crippen LogP contribution in [0.15, 0.2) is 24.3 Å². The van der Waals surface area contributed by atoms with E-state index in [0.29, 0.717) is 16.3 Å². The number of benzene rings is 1. The molecule has 0 unspecified atom stereocenters. The first kappa shape index (κ1) is 15.5. The first-order valence-electron chi connectivity index (χ1n) is 5.44. The van der Waals surface area contributed by atoms with Gasteiger partial charge in [-0.1, -0.05) is 11.6 Å². The summed E-state index contributed by atoms with van der Waals surface area (Å²) < 4.78 is 29.4. The van der Waals surface area contributed by atoms with E-state index < -0.39 is 15.9 Å². The summed E-state index contributed by atoms with van der Waals surface area (Å²) >= 11 is 5.83. The Morgan fingerprint density at radius 1 is 1.47 bits per heavy atom. The molecule has 0 saturated heterocycles. The van der Waals surface area contributed by atoms with Crippen molar-refractivity contribution in [2.75, 3.05) is 12.9 Å². The largest absolute Gasteiger partial charge is 0.496 e. The molecule has 0 aliphatic carbocycles. The summed E-state index contributed by atoms with van der Waals surface area (Å²) in [6.07, 6.45) is 2.55. The first-order chi connectivity index (χ1) is 8.88. The Balaban J connectivity index is 2.87. The van der Waals surface area contributed by atoms with Crippen LogP contribution in [-0.4, -0.2) is 27.2 Å². The van der Waals surface area contributed by atoms with Gasteiger partial charge in [-0.3, -0.25) is 4.79 Å². The Morgan fingerprint density at radius 3 is 2.74 bits per heavy atom. The predicted octanol–water partition coefficient (Wildman–Crippen LogP) is 1.83. The van der Waals surface area contributed by atoms with Crippen molar-refractivity contribution in [2.45, 2.75) is 6.92 Å². The SMILES string of the molecule is CCS(=O)(=O)NC(=O)/C=C/c1cc(Cl)ccc1OC. The summed E-state index contributed by atoms with van der Waals surface area (Å²) in [5.41, 5.74) is 0.582. The summed E-state index contributed by atoms with van der Waals surface area (Å²) in [4.78, 5) is 11.4. The van der Waals surface area contributed by atoms with E-state index in [0.717, 1.165) is 6.08 Å². The molecule has 0 fully saturated rings. The van der Waals surface area contributed by atoms with Gasteiger partial charge in [0.15, 0.2) is 0 Å². The monoisotopic (exact) mass is 303 g/mol. The highest BCUT2D eigenvalue weighted by atomic mass is 35.5. The third kappa shape index (κ3) is 4.92. The second kappa shape index (κ2) is 6.58. The van der Waals surface area contributed by atoms with Gasteiger partial charge in [0.05, 0.1) is 12.9 Å². The van der Waals surface area contributed by atoms with E-state index in [2.05, 4.69) is 0 Å². The minimum absolute atomic E-state index is 0.160. The fourth-order valence-electron chi connectivity index (χ4n) is 1.26. The number of ether oxygens (including phenoxy) is 1. The van der Waals surface area contributed by atoms with E-state index in [9.17, 15) is 13.2 Å². The molecule has 0 aliphatic heterocycles. The molecule has 0 atom stereocenters. The van der Waals surface area contributed by atoms with Gasteiger partial charge in [0.25, 0.3) is 5.91 Å². The molecule has 1 N–H and O–H groups in total. The van der Waals surface area contributed by atoms with Crippen LogP contribution in [0.5, 0.6) is 5.75 Å². The summed E-state index contributed by atoms with van der Waals surface area (Å²) in [6, 6.07) is 4.92. The van der Waals surface area contributed by atoms with Gasteiger partial charge in [-0.2, -0.15) is 0 Å². The third-order valence-corrected chi connectivity index (χ3v) is 3.75. The maximum absolute atomic E-state index is 11.4. The highest BCUT2D eigenvalue weighted by Gasteiger charge is 2.09. The van der Waals surface area contributed by atoms with E-state index in [1.165, 1.54) is 20.1 Å². The molecular formula is C12H14ClNO4S. The van der Waals surface area contributed by atoms with E-state index in [-0.39, 0.29) is 5.75 Å². The molecule has 0 aliphatic rings. The number of carbonyl (C=O) groups is 1. The molecule has 0 saturated carbocycles. The lowest BCUT2D eigenvalue weighted by Gasteiger charge is -2.05. The number of carbonyl (C=O) groups excluding carboxylic acids is 1. The topological polar surface area (TPSA) is 72.5 Å². The van der Waals surface area contributed by atoms with Crippen molar-refractivity contribution in [1.82, 2.24) is 4.72 Å². The molecule has 19 heavy (non-hydrogen) atoms. The van der Waals surface area contributed by atoms with Crippen LogP contribution in [0.3, 0.4) is 0 Å². The maximum atomic E-state index is 11.4. The molecule has 1 aromatic rings. The number of hydrogen-bond acceptors (Lipinski definition) is 4. The van der Waals surface area contributed by atoms with Crippen molar-refractivity contribution in [3.05, 3.63) is 34.9 Å². The number of hydrogen-bond donors (Lipinski definition) is 1. The molecule has 1 rings (SSSR count). The van der Waals surface area contributed by atoms with Crippen LogP contribution in [0.1, 0.15) is 12.5 Å². The van der Waals surface area contributed by atoms with Crippen LogP contribution in [-0.2, 0) is 14.8 Å². The standard InChI is InChI=1S/C12H14ClNO4S/c1-3-19(16,17)14-12(15)7-4-9-8-10(13)5-6-11(9)18-2/h4-8H,3H2,1-2H3,(H,14,15)/b7-4+. The molecule has 1 amide bonds. The Labute approximate surface area is 117 Å². The third-order valence-electron chi connectivity index (χ3n) is 2.24. The molecule has 0 aromatic heterocycles. The minimum atomic E-state index is -3.56. The Morgan fingerprint density at radius 2 is 2.16 bits per heavy atom. The Hall–Kier alpha value is -1.53. The van der Waals surface area contributed by atoms with E-state index in [4.69, 9.17) is 16.3 Å². The average molecular weight is 304 g/mol. The lowest BCUT2D eigenvalue weighted by Crippen LogP contribution is -2.30. The smallest absolute Gasteiger partial charge is 0.257 e. The number of sulfonamides is 1. The molecule has 7 heteroatoms. The van der Waals surface area contributed by atoms with Crippen LogP contribution < -0.4 is 9.46 Å². The number of rotatable bonds is 5. The van der Waals surface area contributed by atoms with Crippen LogP contribution in [0.4, 0.5) is 0 Å². The number of methoxy groups -OCH3 is 1. The van der Waals surface area contributed by atoms with E-state index >= 15 is 0 Å². The van der Waals surface area contributed by atoms with Crippen molar-refractivity contribution in [3.63, 3.8) is 0 Å². The molecule has 0 heterocycles. The fraction of sp³-hybridized carbons (Fsp3) is 0.250. The normalized spacial score (nSPS) is 11.5. The second-order valence-electron chi connectivity index (χ2n) is 3.59. The number of amides is 1. The van der Waals surface area contributed by atoms with Gasteiger partial charge in [-0.05, 0) is 31.2 Å². The van der Waals surface area contributed by atoms with Crippen molar-refractivity contribution >= 4 is 33.6 Å². The molecule has 5 nitrogen and oxygen atoms in total. The lowest BCUT2D eigenvalue weighted by molar-refractivity contribution is -0.114. The fourth-order valence-corrected chi connectivity index (χ4v) is 1.96. The van der Waals surface area contributed by atoms with Gasteiger partial charge >= 0.3 is 0 Å². The first-order valence-corrected chi connectivity index (χ1v) is 7.47. The summed E-state index contributed by atoms with van der Waals surface area (Å²) in [6.45, 7) is 1.44. The van der Waals surface area contributed by atoms with Crippen molar-refractivity contribution in [3.8, 4) is 5.75 Å². The van der Waals surface area contributed by atoms with Gasteiger partial charge < -0.3 is 4.74 Å². The summed E-state index contributed by atoms with van der Waals surface area (Å²) in [5, 5.41) is 0.488. The minimum Gasteiger partial charge on any atom is -0.496 e. The zero-order chi connectivity index (χ0) is 14.5. The average Bonchev–Trinajstić information content (AvgIpc) is 2.36. The maximum Gasteiger partial charge on any atom is 0.257 e. The van der Waals surface area contributed by atoms with Crippen LogP contribution in [0.25, 0.3) is 6.08 Å². The van der Waals surface area contributed by atoms with Gasteiger partial charge in [-0.25, -0.2) is 13.1 Å². The van der Waals surface area contributed by atoms with Crippen LogP contribution in [0, 0.1) is 0 Å². The highest BCUT2D eigenvalue weighted by molar-refractivity contribution is 7.90. The summed E-state index contributed by atoms with van der Waals surface area (Å²) in [7, 11) is -2.07. The molecule has 0 radical (unpaired) electrons. The zero-order valence-corrected chi connectivity index (χ0v) is 12.1. The van der Waals surface area contributed by atoms with Gasteiger partial charge in [0, 0.05) is 16.7 Å². The van der Waals surface area contributed by atoms with Crippen molar-refractivity contribution < 1.29 is 17.9 Å². The molecule has 0 bridgehead atoms. The van der Waals surface area contributed by atoms with Crippen LogP contribution >= 0.6 is 11.6 Å². The van der Waals surface area contributed by atoms with Gasteiger partial charge in [0.2, 0.25) is 10.0 Å². The van der Waals surface area contributed by atoms with Crippen molar-refractivity contribution in [2.24, 2.45) is 0 Å². The Bertz CT molecular complexity index is 596. The quantitative estimate of drug-likeness (QED) is 0.842. The highest BCUT2D eigenvalue weighted by Crippen LogP contribution is 2.23. The molecule has 104 valence electrons. The molecule has 0 spiro atoms. The van der Waals surface area contributed by atoms with Crippen LogP contribution in [0.2, 0.25) is 5.02 Å². The van der Waals surface area contributed by atoms with E-state index in [1.54, 1.807) is 18.2 Å². The number of halogens is 1. The molecular weight excluding hydrogens is 290 g/mol. The van der Waals surface area contributed by atoms with E-state index in [1.807, 2.05) is 4.72 Å². The predicted molar refractivity (Wildman–Crippen MR) is 74.6 cm³/mol. The second-order valence-corrected chi connectivity index (χ2v) is 6.04. The van der Waals surface area contributed by atoms with Crippen molar-refractivity contribution in [1.29, 1.82) is 0 Å². The summed E-state index contributed by atoms with van der Waals surface area (Å²) in [5.74, 6) is -0.344. The number of nitrogens with one attached hydrogen (secondary N) is 1. The Kier molecular flexibility index (Phi) is 5.38. The lowest BCUT2D eigenvalue weighted by atomic mass is 10.2. The molecule has 1 aromatic carbocycles. The zero-order valence-electron chi connectivity index (χ0n) is 10.5.